The highest BCUT2D eigenvalue weighted by Gasteiger charge is 2.21. The molecule has 2 N–H and O–H groups in total. The average molecular weight is 191 g/mol. The Balaban J connectivity index is 3.08. The van der Waals surface area contributed by atoms with Crippen LogP contribution in [0.4, 0.5) is 4.39 Å². The van der Waals surface area contributed by atoms with E-state index in [-0.39, 0.29) is 4.91 Å². The van der Waals surface area contributed by atoms with Gasteiger partial charge in [-0.2, -0.15) is 0 Å². The van der Waals surface area contributed by atoms with Crippen LogP contribution in [0, 0.1) is 0 Å². The van der Waals surface area contributed by atoms with Gasteiger partial charge in [0.05, 0.1) is 11.3 Å². The fourth-order valence-electron chi connectivity index (χ4n) is 0.756. The van der Waals surface area contributed by atoms with Crippen molar-refractivity contribution in [3.05, 3.63) is 22.9 Å². The van der Waals surface area contributed by atoms with Crippen LogP contribution in [-0.2, 0) is 14.8 Å². The van der Waals surface area contributed by atoms with Crippen molar-refractivity contribution in [3.8, 4) is 0 Å². The van der Waals surface area contributed by atoms with Crippen LogP contribution < -0.4 is 5.14 Å². The van der Waals surface area contributed by atoms with Gasteiger partial charge < -0.3 is 0 Å². The molecule has 0 saturated heterocycles. The SMILES string of the molecule is NS(=O)(=O)C1=CC=C(F)C(=O)C1. The van der Waals surface area contributed by atoms with E-state index >= 15 is 0 Å². The molecule has 0 fully saturated rings. The zero-order valence-electron chi connectivity index (χ0n) is 5.95. The van der Waals surface area contributed by atoms with Crippen molar-refractivity contribution in [2.45, 2.75) is 6.42 Å². The predicted molar refractivity (Wildman–Crippen MR) is 40.0 cm³/mol. The molecule has 0 aliphatic heterocycles. The molecule has 0 amide bonds. The van der Waals surface area contributed by atoms with E-state index in [1.807, 2.05) is 0 Å². The summed E-state index contributed by atoms with van der Waals surface area (Å²) in [5.41, 5.74) is 0. The Hall–Kier alpha value is -1.01. The van der Waals surface area contributed by atoms with E-state index in [2.05, 4.69) is 0 Å². The largest absolute Gasteiger partial charge is 0.291 e. The second-order valence-electron chi connectivity index (χ2n) is 2.29. The summed E-state index contributed by atoms with van der Waals surface area (Å²) in [6, 6.07) is 0. The van der Waals surface area contributed by atoms with E-state index in [0.29, 0.717) is 0 Å². The molecule has 0 aromatic rings. The second-order valence-corrected chi connectivity index (χ2v) is 3.91. The highest BCUT2D eigenvalue weighted by molar-refractivity contribution is 7.93. The quantitative estimate of drug-likeness (QED) is 0.633. The van der Waals surface area contributed by atoms with Gasteiger partial charge in [0.25, 0.3) is 0 Å². The molecule has 4 nitrogen and oxygen atoms in total. The number of allylic oxidation sites excluding steroid dienone is 4. The van der Waals surface area contributed by atoms with Crippen LogP contribution >= 0.6 is 0 Å². The first-order valence-corrected chi connectivity index (χ1v) is 4.58. The Morgan fingerprint density at radius 1 is 1.42 bits per heavy atom. The van der Waals surface area contributed by atoms with Crippen LogP contribution in [0.3, 0.4) is 0 Å². The standard InChI is InChI=1S/C6H6FNO3S/c7-5-2-1-4(3-6(5)9)12(8,10)11/h1-2H,3H2,(H2,8,10,11). The third-order valence-electron chi connectivity index (χ3n) is 1.38. The van der Waals surface area contributed by atoms with E-state index in [1.54, 1.807) is 0 Å². The monoisotopic (exact) mass is 191 g/mol. The first-order chi connectivity index (χ1) is 5.41. The van der Waals surface area contributed by atoms with Crippen molar-refractivity contribution in [1.82, 2.24) is 0 Å². The number of primary sulfonamides is 1. The lowest BCUT2D eigenvalue weighted by atomic mass is 10.1. The van der Waals surface area contributed by atoms with Crippen molar-refractivity contribution >= 4 is 15.8 Å². The number of sulfonamides is 1. The summed E-state index contributed by atoms with van der Waals surface area (Å²) in [6.07, 6.45) is 1.30. The fraction of sp³-hybridized carbons (Fsp3) is 0.167. The minimum Gasteiger partial charge on any atom is -0.291 e. The molecule has 0 bridgehead atoms. The molecule has 6 heteroatoms. The molecule has 0 radical (unpaired) electrons. The average Bonchev–Trinajstić information content (AvgIpc) is 1.92. The van der Waals surface area contributed by atoms with Crippen molar-refractivity contribution in [3.63, 3.8) is 0 Å². The molecule has 0 spiro atoms. The molecule has 1 aliphatic carbocycles. The van der Waals surface area contributed by atoms with Crippen molar-refractivity contribution < 1.29 is 17.6 Å². The normalized spacial score (nSPS) is 18.7. The fourth-order valence-corrected chi connectivity index (χ4v) is 1.35. The molecule has 0 unspecified atom stereocenters. The zero-order chi connectivity index (χ0) is 9.35. The molecule has 0 saturated carbocycles. The van der Waals surface area contributed by atoms with Crippen LogP contribution in [-0.4, -0.2) is 14.2 Å². The lowest BCUT2D eigenvalue weighted by Gasteiger charge is -2.05. The van der Waals surface area contributed by atoms with Gasteiger partial charge in [-0.25, -0.2) is 17.9 Å². The van der Waals surface area contributed by atoms with Gasteiger partial charge >= 0.3 is 0 Å². The van der Waals surface area contributed by atoms with E-state index in [1.165, 1.54) is 0 Å². The molecule has 0 atom stereocenters. The number of carbonyl (C=O) groups excluding carboxylic acids is 1. The molecule has 0 aromatic carbocycles. The summed E-state index contributed by atoms with van der Waals surface area (Å²) in [4.78, 5) is 10.4. The third-order valence-corrected chi connectivity index (χ3v) is 2.39. The number of Topliss-reactive ketones (excluding diaryl/α,β-unsaturated/α-hetero) is 1. The van der Waals surface area contributed by atoms with E-state index in [0.717, 1.165) is 12.2 Å². The summed E-state index contributed by atoms with van der Waals surface area (Å²) in [5, 5.41) is 4.72. The number of hydrogen-bond donors (Lipinski definition) is 1. The first-order valence-electron chi connectivity index (χ1n) is 3.03. The van der Waals surface area contributed by atoms with E-state index < -0.39 is 28.1 Å². The number of halogens is 1. The van der Waals surface area contributed by atoms with Gasteiger partial charge in [0.15, 0.2) is 11.6 Å². The van der Waals surface area contributed by atoms with Crippen LogP contribution in [0.5, 0.6) is 0 Å². The van der Waals surface area contributed by atoms with Crippen molar-refractivity contribution in [2.24, 2.45) is 5.14 Å². The van der Waals surface area contributed by atoms with Crippen LogP contribution in [0.15, 0.2) is 22.9 Å². The lowest BCUT2D eigenvalue weighted by Crippen LogP contribution is -2.19. The van der Waals surface area contributed by atoms with Gasteiger partial charge in [0.2, 0.25) is 10.0 Å². The first kappa shape index (κ1) is 9.08. The molecule has 0 heterocycles. The minimum absolute atomic E-state index is 0.256. The van der Waals surface area contributed by atoms with Crippen LogP contribution in [0.1, 0.15) is 6.42 Å². The van der Waals surface area contributed by atoms with Crippen LogP contribution in [0.2, 0.25) is 0 Å². The van der Waals surface area contributed by atoms with Gasteiger partial charge in [-0.15, -0.1) is 0 Å². The highest BCUT2D eigenvalue weighted by atomic mass is 32.2. The summed E-state index contributed by atoms with van der Waals surface area (Å²) in [7, 11) is -3.85. The number of hydrogen-bond acceptors (Lipinski definition) is 3. The Bertz CT molecular complexity index is 380. The third kappa shape index (κ3) is 1.77. The Kier molecular flexibility index (Phi) is 2.12. The number of carbonyl (C=O) groups is 1. The van der Waals surface area contributed by atoms with Crippen LogP contribution in [0.25, 0.3) is 0 Å². The van der Waals surface area contributed by atoms with Gasteiger partial charge in [0.1, 0.15) is 0 Å². The molecule has 1 rings (SSSR count). The maximum absolute atomic E-state index is 12.4. The smallest absolute Gasteiger partial charge is 0.234 e. The molecule has 66 valence electrons. The van der Waals surface area contributed by atoms with Gasteiger partial charge in [-0.1, -0.05) is 0 Å². The summed E-state index contributed by atoms with van der Waals surface area (Å²) >= 11 is 0. The Morgan fingerprint density at radius 2 is 2.00 bits per heavy atom. The topological polar surface area (TPSA) is 77.2 Å². The van der Waals surface area contributed by atoms with E-state index in [9.17, 15) is 17.6 Å². The maximum Gasteiger partial charge on any atom is 0.234 e. The van der Waals surface area contributed by atoms with E-state index in [4.69, 9.17) is 5.14 Å². The molecular weight excluding hydrogens is 185 g/mol. The number of nitrogens with two attached hydrogens (primary N) is 1. The summed E-state index contributed by atoms with van der Waals surface area (Å²) in [5.74, 6) is -1.80. The highest BCUT2D eigenvalue weighted by Crippen LogP contribution is 2.18. The second kappa shape index (κ2) is 2.80. The molecule has 1 aliphatic rings. The Morgan fingerprint density at radius 3 is 2.42 bits per heavy atom. The minimum atomic E-state index is -3.85. The maximum atomic E-state index is 12.4. The lowest BCUT2D eigenvalue weighted by molar-refractivity contribution is -0.116. The van der Waals surface area contributed by atoms with Gasteiger partial charge in [0, 0.05) is 0 Å². The van der Waals surface area contributed by atoms with Crippen molar-refractivity contribution in [1.29, 1.82) is 0 Å². The number of rotatable bonds is 1. The van der Waals surface area contributed by atoms with Gasteiger partial charge in [-0.05, 0) is 12.2 Å². The predicted octanol–water partition coefficient (Wildman–Crippen LogP) is -0.0150. The van der Waals surface area contributed by atoms with Crippen molar-refractivity contribution in [2.75, 3.05) is 0 Å². The number of ketones is 1. The molecular formula is C6H6FNO3S. The van der Waals surface area contributed by atoms with Gasteiger partial charge in [-0.3, -0.25) is 4.79 Å². The molecule has 0 aromatic heterocycles. The Labute approximate surface area is 68.6 Å². The zero-order valence-corrected chi connectivity index (χ0v) is 6.77. The summed E-state index contributed by atoms with van der Waals surface area (Å²) < 4.78 is 33.7. The molecule has 12 heavy (non-hydrogen) atoms. The summed E-state index contributed by atoms with van der Waals surface area (Å²) in [6.45, 7) is 0.